The normalized spacial score (nSPS) is 10.2. The Labute approximate surface area is 149 Å². The summed E-state index contributed by atoms with van der Waals surface area (Å²) >= 11 is 0. The second-order valence-electron chi connectivity index (χ2n) is 5.38. The van der Waals surface area contributed by atoms with Crippen LogP contribution in [0.1, 0.15) is 16.1 Å². The predicted molar refractivity (Wildman–Crippen MR) is 96.2 cm³/mol. The number of nitro groups is 1. The predicted octanol–water partition coefficient (Wildman–Crippen LogP) is 4.09. The fourth-order valence-corrected chi connectivity index (χ4v) is 2.30. The molecule has 0 radical (unpaired) electrons. The van der Waals surface area contributed by atoms with Crippen LogP contribution in [0, 0.1) is 10.1 Å². The molecule has 0 aliphatic rings. The van der Waals surface area contributed by atoms with Crippen molar-refractivity contribution >= 4 is 23.0 Å². The van der Waals surface area contributed by atoms with Crippen LogP contribution in [0.4, 0.5) is 17.1 Å². The fourth-order valence-electron chi connectivity index (χ4n) is 2.30. The quantitative estimate of drug-likeness (QED) is 0.409. The Kier molecular flexibility index (Phi) is 5.19. The van der Waals surface area contributed by atoms with Crippen molar-refractivity contribution in [2.75, 3.05) is 5.32 Å². The molecule has 1 heterocycles. The molecule has 26 heavy (non-hydrogen) atoms. The van der Waals surface area contributed by atoms with E-state index in [-0.39, 0.29) is 17.9 Å². The first-order chi connectivity index (χ1) is 12.6. The van der Waals surface area contributed by atoms with E-state index >= 15 is 0 Å². The number of nitrogens with zero attached hydrogens (tertiary/aromatic N) is 2. The first-order valence-electron chi connectivity index (χ1n) is 7.81. The maximum absolute atomic E-state index is 12.2. The third kappa shape index (κ3) is 4.21. The van der Waals surface area contributed by atoms with Crippen LogP contribution in [0.5, 0.6) is 0 Å². The highest BCUT2D eigenvalue weighted by Crippen LogP contribution is 2.29. The summed E-state index contributed by atoms with van der Waals surface area (Å²) < 4.78 is 5.16. The Balaban J connectivity index is 1.77. The second kappa shape index (κ2) is 7.89. The number of nitro benzene ring substituents is 1. The Bertz CT molecular complexity index is 915. The van der Waals surface area contributed by atoms with E-state index in [1.807, 2.05) is 18.2 Å². The largest absolute Gasteiger partial charge is 0.456 e. The van der Waals surface area contributed by atoms with Crippen molar-refractivity contribution in [3.8, 4) is 0 Å². The fraction of sp³-hybridized carbons (Fsp3) is 0.0526. The lowest BCUT2D eigenvalue weighted by molar-refractivity contribution is -0.383. The van der Waals surface area contributed by atoms with Gasteiger partial charge >= 0.3 is 5.97 Å². The van der Waals surface area contributed by atoms with Crippen molar-refractivity contribution in [1.82, 2.24) is 4.98 Å². The second-order valence-corrected chi connectivity index (χ2v) is 5.38. The molecule has 2 aromatic carbocycles. The summed E-state index contributed by atoms with van der Waals surface area (Å²) in [5.41, 5.74) is 1.49. The van der Waals surface area contributed by atoms with Gasteiger partial charge in [-0.15, -0.1) is 0 Å². The van der Waals surface area contributed by atoms with Crippen LogP contribution in [0.3, 0.4) is 0 Å². The van der Waals surface area contributed by atoms with Gasteiger partial charge in [0.05, 0.1) is 16.2 Å². The van der Waals surface area contributed by atoms with Crippen molar-refractivity contribution in [2.45, 2.75) is 6.61 Å². The zero-order chi connectivity index (χ0) is 18.4. The number of carbonyl (C=O) groups excluding carboxylic acids is 1. The minimum Gasteiger partial charge on any atom is -0.456 e. The maximum atomic E-state index is 12.2. The van der Waals surface area contributed by atoms with Crippen molar-refractivity contribution in [2.24, 2.45) is 0 Å². The molecule has 0 saturated carbocycles. The number of carbonyl (C=O) groups is 1. The van der Waals surface area contributed by atoms with E-state index in [0.717, 1.165) is 0 Å². The summed E-state index contributed by atoms with van der Waals surface area (Å²) in [4.78, 5) is 27.1. The average Bonchev–Trinajstić information content (AvgIpc) is 2.68. The van der Waals surface area contributed by atoms with Gasteiger partial charge in [-0.05, 0) is 36.4 Å². The Morgan fingerprint density at radius 1 is 1.08 bits per heavy atom. The van der Waals surface area contributed by atoms with Gasteiger partial charge in [0.25, 0.3) is 5.69 Å². The maximum Gasteiger partial charge on any atom is 0.338 e. The number of benzene rings is 2. The molecule has 0 amide bonds. The summed E-state index contributed by atoms with van der Waals surface area (Å²) in [6.07, 6.45) is 1.60. The number of ether oxygens (including phenoxy) is 1. The zero-order valence-corrected chi connectivity index (χ0v) is 13.7. The molecule has 0 unspecified atom stereocenters. The minimum absolute atomic E-state index is 0.00249. The smallest absolute Gasteiger partial charge is 0.338 e. The summed E-state index contributed by atoms with van der Waals surface area (Å²) in [5.74, 6) is -0.648. The van der Waals surface area contributed by atoms with Gasteiger partial charge in [-0.3, -0.25) is 15.1 Å². The third-order valence-corrected chi connectivity index (χ3v) is 3.56. The highest BCUT2D eigenvalue weighted by atomic mass is 16.6. The van der Waals surface area contributed by atoms with E-state index < -0.39 is 10.9 Å². The van der Waals surface area contributed by atoms with Gasteiger partial charge in [-0.25, -0.2) is 4.79 Å². The number of aromatic nitrogens is 1. The Morgan fingerprint density at radius 3 is 2.54 bits per heavy atom. The molecule has 7 heteroatoms. The van der Waals surface area contributed by atoms with Crippen LogP contribution in [-0.2, 0) is 11.3 Å². The van der Waals surface area contributed by atoms with Crippen LogP contribution < -0.4 is 5.32 Å². The number of rotatable bonds is 6. The first kappa shape index (κ1) is 17.1. The number of hydrogen-bond acceptors (Lipinski definition) is 6. The van der Waals surface area contributed by atoms with Gasteiger partial charge in [0.1, 0.15) is 12.3 Å². The number of para-hydroxylation sites is 1. The molecule has 1 aromatic heterocycles. The van der Waals surface area contributed by atoms with Crippen molar-refractivity contribution < 1.29 is 14.5 Å². The molecule has 3 aromatic rings. The van der Waals surface area contributed by atoms with Crippen molar-refractivity contribution in [3.05, 3.63) is 94.3 Å². The van der Waals surface area contributed by atoms with Crippen LogP contribution in [-0.4, -0.2) is 15.9 Å². The third-order valence-electron chi connectivity index (χ3n) is 3.56. The number of anilines is 2. The summed E-state index contributed by atoms with van der Waals surface area (Å²) in [6, 6.07) is 18.5. The molecule has 3 rings (SSSR count). The van der Waals surface area contributed by atoms with Gasteiger partial charge in [0, 0.05) is 18.0 Å². The molecule has 0 fully saturated rings. The van der Waals surface area contributed by atoms with Crippen molar-refractivity contribution in [3.63, 3.8) is 0 Å². The van der Waals surface area contributed by atoms with E-state index in [9.17, 15) is 14.9 Å². The van der Waals surface area contributed by atoms with Crippen molar-refractivity contribution in [1.29, 1.82) is 0 Å². The highest BCUT2D eigenvalue weighted by Gasteiger charge is 2.18. The minimum atomic E-state index is -0.648. The van der Waals surface area contributed by atoms with E-state index in [1.165, 1.54) is 18.2 Å². The molecule has 7 nitrogen and oxygen atoms in total. The molecular formula is C19H15N3O4. The SMILES string of the molecule is O=C(OCc1ccccn1)c1ccc(Nc2ccccc2)c([N+](=O)[O-])c1. The van der Waals surface area contributed by atoms with E-state index in [0.29, 0.717) is 17.1 Å². The zero-order valence-electron chi connectivity index (χ0n) is 13.7. The van der Waals surface area contributed by atoms with Crippen LogP contribution in [0.2, 0.25) is 0 Å². The lowest BCUT2D eigenvalue weighted by atomic mass is 10.1. The Hall–Kier alpha value is -3.74. The summed E-state index contributed by atoms with van der Waals surface area (Å²) in [5, 5.41) is 14.3. The van der Waals surface area contributed by atoms with E-state index in [4.69, 9.17) is 4.74 Å². The lowest BCUT2D eigenvalue weighted by Gasteiger charge is -2.09. The molecule has 0 aliphatic carbocycles. The summed E-state index contributed by atoms with van der Waals surface area (Å²) in [6.45, 7) is -0.00249. The molecule has 1 N–H and O–H groups in total. The lowest BCUT2D eigenvalue weighted by Crippen LogP contribution is -2.07. The number of nitrogens with one attached hydrogen (secondary N) is 1. The first-order valence-corrected chi connectivity index (χ1v) is 7.81. The monoisotopic (exact) mass is 349 g/mol. The topological polar surface area (TPSA) is 94.4 Å². The molecular weight excluding hydrogens is 334 g/mol. The van der Waals surface area contributed by atoms with Crippen LogP contribution >= 0.6 is 0 Å². The number of hydrogen-bond donors (Lipinski definition) is 1. The van der Waals surface area contributed by atoms with E-state index in [2.05, 4.69) is 10.3 Å². The number of esters is 1. The molecule has 0 saturated heterocycles. The average molecular weight is 349 g/mol. The standard InChI is InChI=1S/C19H15N3O4/c23-19(26-13-16-8-4-5-11-20-16)14-9-10-17(18(12-14)22(24)25)21-15-6-2-1-3-7-15/h1-12,21H,13H2. The molecule has 0 bridgehead atoms. The highest BCUT2D eigenvalue weighted by molar-refractivity contribution is 5.91. The molecule has 0 atom stereocenters. The number of pyridine rings is 1. The van der Waals surface area contributed by atoms with Gasteiger partial charge < -0.3 is 10.1 Å². The van der Waals surface area contributed by atoms with E-state index in [1.54, 1.807) is 36.5 Å². The molecule has 0 spiro atoms. The summed E-state index contributed by atoms with van der Waals surface area (Å²) in [7, 11) is 0. The Morgan fingerprint density at radius 2 is 1.85 bits per heavy atom. The van der Waals surface area contributed by atoms with Gasteiger partial charge in [-0.1, -0.05) is 24.3 Å². The molecule has 130 valence electrons. The van der Waals surface area contributed by atoms with Crippen LogP contribution in [0.25, 0.3) is 0 Å². The van der Waals surface area contributed by atoms with Gasteiger partial charge in [0.15, 0.2) is 0 Å². The molecule has 0 aliphatic heterocycles. The van der Waals surface area contributed by atoms with Gasteiger partial charge in [0.2, 0.25) is 0 Å². The van der Waals surface area contributed by atoms with Gasteiger partial charge in [-0.2, -0.15) is 0 Å². The van der Waals surface area contributed by atoms with Crippen LogP contribution in [0.15, 0.2) is 72.9 Å².